The lowest BCUT2D eigenvalue weighted by Gasteiger charge is -2.40. The molecule has 0 spiro atoms. The van der Waals surface area contributed by atoms with E-state index in [9.17, 15) is 15.2 Å². The molecule has 1 heterocycles. The molecule has 1 amide bonds. The maximum absolute atomic E-state index is 12.1. The number of likely N-dealkylation sites (tertiary alicyclic amines) is 1. The summed E-state index contributed by atoms with van der Waals surface area (Å²) in [6.07, 6.45) is 2.82. The van der Waals surface area contributed by atoms with Crippen LogP contribution in [-0.4, -0.2) is 47.7 Å². The van der Waals surface area contributed by atoms with Crippen molar-refractivity contribution in [1.29, 1.82) is 5.26 Å². The Morgan fingerprint density at radius 2 is 2.05 bits per heavy atom. The van der Waals surface area contributed by atoms with Crippen LogP contribution in [0, 0.1) is 22.7 Å². The normalized spacial score (nSPS) is 21.6. The molecule has 1 atom stereocenters. The Bertz CT molecular complexity index is 389. The van der Waals surface area contributed by atoms with Gasteiger partial charge >= 0.3 is 0 Å². The second-order valence-electron chi connectivity index (χ2n) is 6.80. The van der Waals surface area contributed by atoms with Crippen LogP contribution in [0.5, 0.6) is 0 Å². The average molecular weight is 295 g/mol. The zero-order chi connectivity index (χ0) is 16.1. The molecule has 0 aromatic rings. The monoisotopic (exact) mass is 295 g/mol. The van der Waals surface area contributed by atoms with Gasteiger partial charge in [-0.05, 0) is 50.6 Å². The van der Waals surface area contributed by atoms with E-state index in [1.165, 1.54) is 0 Å². The van der Waals surface area contributed by atoms with Crippen molar-refractivity contribution in [1.82, 2.24) is 10.2 Å². The van der Waals surface area contributed by atoms with Gasteiger partial charge in [0.1, 0.15) is 5.54 Å². The maximum atomic E-state index is 12.1. The fourth-order valence-electron chi connectivity index (χ4n) is 2.64. The third kappa shape index (κ3) is 4.42. The van der Waals surface area contributed by atoms with Gasteiger partial charge in [-0.25, -0.2) is 0 Å². The molecule has 0 radical (unpaired) electrons. The highest BCUT2D eigenvalue weighted by molar-refractivity contribution is 5.79. The molecule has 1 aliphatic heterocycles. The second-order valence-corrected chi connectivity index (χ2v) is 6.80. The van der Waals surface area contributed by atoms with Gasteiger partial charge in [-0.1, -0.05) is 20.8 Å². The molecule has 1 fully saturated rings. The van der Waals surface area contributed by atoms with Crippen molar-refractivity contribution in [2.75, 3.05) is 26.2 Å². The summed E-state index contributed by atoms with van der Waals surface area (Å²) in [5.41, 5.74) is -0.781. The Morgan fingerprint density at radius 1 is 1.48 bits per heavy atom. The van der Waals surface area contributed by atoms with Crippen LogP contribution in [0.25, 0.3) is 0 Å². The van der Waals surface area contributed by atoms with E-state index in [1.807, 2.05) is 13.8 Å². The van der Waals surface area contributed by atoms with Crippen molar-refractivity contribution in [2.24, 2.45) is 11.3 Å². The van der Waals surface area contributed by atoms with E-state index in [2.05, 4.69) is 23.2 Å². The molecule has 0 saturated carbocycles. The number of nitriles is 1. The smallest absolute Gasteiger partial charge is 0.235 e. The summed E-state index contributed by atoms with van der Waals surface area (Å²) in [5.74, 6) is -0.0318. The number of carbonyl (C=O) groups excluding carboxylic acids is 1. The number of rotatable bonds is 6. The summed E-state index contributed by atoms with van der Waals surface area (Å²) in [5, 5.41) is 21.6. The Morgan fingerprint density at radius 3 is 2.43 bits per heavy atom. The van der Waals surface area contributed by atoms with Gasteiger partial charge in [0.05, 0.1) is 12.6 Å². The molecule has 120 valence electrons. The van der Waals surface area contributed by atoms with Crippen molar-refractivity contribution in [3.05, 3.63) is 0 Å². The lowest BCUT2D eigenvalue weighted by atomic mass is 9.77. The molecular weight excluding hydrogens is 266 g/mol. The van der Waals surface area contributed by atoms with Crippen LogP contribution in [0.15, 0.2) is 0 Å². The topological polar surface area (TPSA) is 76.4 Å². The number of hydrogen-bond donors (Lipinski definition) is 2. The van der Waals surface area contributed by atoms with Gasteiger partial charge in [-0.3, -0.25) is 9.69 Å². The summed E-state index contributed by atoms with van der Waals surface area (Å²) in [6.45, 7) is 9.94. The number of hydrogen-bond acceptors (Lipinski definition) is 4. The molecule has 5 nitrogen and oxygen atoms in total. The lowest BCUT2D eigenvalue weighted by Crippen LogP contribution is -2.53. The van der Waals surface area contributed by atoms with Gasteiger partial charge in [0.15, 0.2) is 0 Å². The predicted molar refractivity (Wildman–Crippen MR) is 82.5 cm³/mol. The average Bonchev–Trinajstić information content (AvgIpc) is 2.48. The largest absolute Gasteiger partial charge is 0.396 e. The van der Waals surface area contributed by atoms with Crippen LogP contribution in [0.1, 0.15) is 47.0 Å². The van der Waals surface area contributed by atoms with Gasteiger partial charge in [0.2, 0.25) is 5.91 Å². The van der Waals surface area contributed by atoms with Crippen molar-refractivity contribution >= 4 is 5.91 Å². The third-order valence-corrected chi connectivity index (χ3v) is 5.16. The number of nitrogens with zero attached hydrogens (tertiary/aromatic N) is 2. The maximum Gasteiger partial charge on any atom is 0.235 e. The van der Waals surface area contributed by atoms with Crippen molar-refractivity contribution in [3.8, 4) is 6.07 Å². The molecule has 0 aromatic heterocycles. The first kappa shape index (κ1) is 17.9. The Balaban J connectivity index is 2.50. The van der Waals surface area contributed by atoms with E-state index >= 15 is 0 Å². The second kappa shape index (κ2) is 7.24. The van der Waals surface area contributed by atoms with Crippen molar-refractivity contribution < 1.29 is 9.90 Å². The minimum Gasteiger partial charge on any atom is -0.396 e. The van der Waals surface area contributed by atoms with E-state index in [1.54, 1.807) is 6.92 Å². The summed E-state index contributed by atoms with van der Waals surface area (Å²) >= 11 is 0. The number of aliphatic hydroxyl groups is 1. The number of piperidine rings is 1. The van der Waals surface area contributed by atoms with Gasteiger partial charge < -0.3 is 10.4 Å². The first-order valence-electron chi connectivity index (χ1n) is 7.86. The molecule has 2 N–H and O–H groups in total. The lowest BCUT2D eigenvalue weighted by molar-refractivity contribution is -0.124. The number of aliphatic hydroxyl groups excluding tert-OH is 1. The molecule has 0 bridgehead atoms. The molecule has 0 aromatic carbocycles. The van der Waals surface area contributed by atoms with Gasteiger partial charge in [-0.2, -0.15) is 5.26 Å². The van der Waals surface area contributed by atoms with Crippen molar-refractivity contribution in [2.45, 2.75) is 52.5 Å². The Labute approximate surface area is 128 Å². The van der Waals surface area contributed by atoms with Crippen LogP contribution >= 0.6 is 0 Å². The van der Waals surface area contributed by atoms with E-state index in [0.717, 1.165) is 32.4 Å². The van der Waals surface area contributed by atoms with Crippen LogP contribution in [0.3, 0.4) is 0 Å². The van der Waals surface area contributed by atoms with E-state index in [-0.39, 0.29) is 23.8 Å². The first-order chi connectivity index (χ1) is 9.80. The number of amides is 1. The quantitative estimate of drug-likeness (QED) is 0.779. The summed E-state index contributed by atoms with van der Waals surface area (Å²) in [7, 11) is 0. The number of nitrogens with one attached hydrogen (secondary N) is 1. The molecule has 1 aliphatic rings. The van der Waals surface area contributed by atoms with Gasteiger partial charge in [0, 0.05) is 6.61 Å². The fourth-order valence-corrected chi connectivity index (χ4v) is 2.64. The summed E-state index contributed by atoms with van der Waals surface area (Å²) < 4.78 is 0. The molecule has 1 rings (SSSR count). The van der Waals surface area contributed by atoms with Crippen LogP contribution in [0.2, 0.25) is 0 Å². The third-order valence-electron chi connectivity index (χ3n) is 5.16. The zero-order valence-electron chi connectivity index (χ0n) is 13.8. The SMILES string of the molecule is CCC1(CO)CCN(CC(=O)NC(C)(C#N)C(C)C)CC1. The van der Waals surface area contributed by atoms with Crippen LogP contribution in [-0.2, 0) is 4.79 Å². The molecule has 21 heavy (non-hydrogen) atoms. The standard InChI is InChI=1S/C16H29N3O2/c1-5-16(12-20)6-8-19(9-7-16)10-14(21)18-15(4,11-17)13(2)3/h13,20H,5-10,12H2,1-4H3,(H,18,21). The minimum absolute atomic E-state index is 0.0338. The Hall–Kier alpha value is -1.12. The Kier molecular flexibility index (Phi) is 6.18. The highest BCUT2D eigenvalue weighted by Gasteiger charge is 2.34. The summed E-state index contributed by atoms with van der Waals surface area (Å²) in [6, 6.07) is 2.19. The number of carbonyl (C=O) groups is 1. The molecule has 0 aliphatic carbocycles. The van der Waals surface area contributed by atoms with Crippen molar-refractivity contribution in [3.63, 3.8) is 0 Å². The molecule has 1 unspecified atom stereocenters. The zero-order valence-corrected chi connectivity index (χ0v) is 13.8. The van der Waals surface area contributed by atoms with Gasteiger partial charge in [-0.15, -0.1) is 0 Å². The van der Waals surface area contributed by atoms with Gasteiger partial charge in [0.25, 0.3) is 0 Å². The van der Waals surface area contributed by atoms with E-state index in [0.29, 0.717) is 6.54 Å². The minimum atomic E-state index is -0.814. The predicted octanol–water partition coefficient (Wildman–Crippen LogP) is 1.53. The highest BCUT2D eigenvalue weighted by atomic mass is 16.3. The first-order valence-corrected chi connectivity index (χ1v) is 7.86. The van der Waals surface area contributed by atoms with Crippen LogP contribution < -0.4 is 5.32 Å². The highest BCUT2D eigenvalue weighted by Crippen LogP contribution is 2.34. The molecule has 1 saturated heterocycles. The molecule has 5 heteroatoms. The molecular formula is C16H29N3O2. The summed E-state index contributed by atoms with van der Waals surface area (Å²) in [4.78, 5) is 14.2. The van der Waals surface area contributed by atoms with E-state index in [4.69, 9.17) is 0 Å². The van der Waals surface area contributed by atoms with E-state index < -0.39 is 5.54 Å². The van der Waals surface area contributed by atoms with Crippen LogP contribution in [0.4, 0.5) is 0 Å². The fraction of sp³-hybridized carbons (Fsp3) is 0.875.